The van der Waals surface area contributed by atoms with Crippen LogP contribution in [0.15, 0.2) is 60.3 Å². The van der Waals surface area contributed by atoms with Crippen molar-refractivity contribution in [2.45, 2.75) is 38.5 Å². The van der Waals surface area contributed by atoms with Crippen molar-refractivity contribution in [2.75, 3.05) is 18.6 Å². The van der Waals surface area contributed by atoms with Crippen molar-refractivity contribution in [3.63, 3.8) is 0 Å². The van der Waals surface area contributed by atoms with E-state index < -0.39 is 0 Å². The second-order valence-electron chi connectivity index (χ2n) is 8.29. The van der Waals surface area contributed by atoms with Crippen LogP contribution in [0.4, 0.5) is 5.69 Å². The molecule has 1 aliphatic heterocycles. The zero-order valence-corrected chi connectivity index (χ0v) is 18.9. The van der Waals surface area contributed by atoms with Gasteiger partial charge in [0, 0.05) is 36.3 Å². The van der Waals surface area contributed by atoms with Crippen molar-refractivity contribution in [2.24, 2.45) is 0 Å². The molecule has 4 rings (SSSR count). The van der Waals surface area contributed by atoms with Crippen LogP contribution in [0, 0.1) is 0 Å². The Balaban J connectivity index is 1.28. The van der Waals surface area contributed by atoms with Gasteiger partial charge < -0.3 is 9.64 Å². The molecule has 0 radical (unpaired) electrons. The summed E-state index contributed by atoms with van der Waals surface area (Å²) >= 11 is 1.65. The maximum Gasteiger partial charge on any atom is 0.306 e. The highest BCUT2D eigenvalue weighted by Gasteiger charge is 2.38. The number of esters is 1. The van der Waals surface area contributed by atoms with Crippen LogP contribution in [0.3, 0.4) is 0 Å². The van der Waals surface area contributed by atoms with Crippen molar-refractivity contribution in [3.05, 3.63) is 70.9 Å². The third-order valence-corrected chi connectivity index (χ3v) is 6.82. The molecular weight excluding hydrogens is 408 g/mol. The van der Waals surface area contributed by atoms with Crippen LogP contribution in [-0.2, 0) is 26.2 Å². The number of thiazole rings is 1. The molecule has 0 spiro atoms. The maximum atomic E-state index is 12.5. The summed E-state index contributed by atoms with van der Waals surface area (Å²) < 4.78 is 6.38. The number of nitrogens with zero attached hydrogens (tertiary/aromatic N) is 2. The number of ketones is 1. The molecule has 0 atom stereocenters. The van der Waals surface area contributed by atoms with Gasteiger partial charge in [-0.2, -0.15) is 0 Å². The number of benzene rings is 2. The molecule has 0 N–H and O–H groups in total. The van der Waals surface area contributed by atoms with Gasteiger partial charge in [0.05, 0.1) is 15.2 Å². The lowest BCUT2D eigenvalue weighted by molar-refractivity contribution is -0.147. The number of carbonyl (C=O) groups is 2. The summed E-state index contributed by atoms with van der Waals surface area (Å²) in [6.07, 6.45) is 3.26. The number of aryl methyl sites for hydroxylation is 1. The summed E-state index contributed by atoms with van der Waals surface area (Å²) in [6.45, 7) is 3.97. The number of hydrogen-bond acceptors (Lipinski definition) is 6. The van der Waals surface area contributed by atoms with Crippen LogP contribution in [0.25, 0.3) is 10.2 Å². The molecule has 6 heteroatoms. The molecule has 5 nitrogen and oxygen atoms in total. The Labute approximate surface area is 186 Å². The monoisotopic (exact) mass is 434 g/mol. The number of fused-ring (bicyclic) bond motifs is 2. The van der Waals surface area contributed by atoms with Crippen molar-refractivity contribution in [3.8, 4) is 0 Å². The van der Waals surface area contributed by atoms with E-state index in [0.717, 1.165) is 33.0 Å². The van der Waals surface area contributed by atoms with Crippen LogP contribution in [0.5, 0.6) is 0 Å². The van der Waals surface area contributed by atoms with Gasteiger partial charge >= 0.3 is 5.97 Å². The largest absolute Gasteiger partial charge is 0.457 e. The molecule has 1 aromatic heterocycles. The van der Waals surface area contributed by atoms with Gasteiger partial charge in [0.2, 0.25) is 0 Å². The van der Waals surface area contributed by atoms with Crippen LogP contribution in [0.2, 0.25) is 0 Å². The van der Waals surface area contributed by atoms with Crippen molar-refractivity contribution < 1.29 is 14.3 Å². The minimum absolute atomic E-state index is 0.206. The minimum atomic E-state index is -0.352. The van der Waals surface area contributed by atoms with E-state index in [4.69, 9.17) is 4.74 Å². The Bertz CT molecular complexity index is 1130. The number of aromatic nitrogens is 1. The van der Waals surface area contributed by atoms with Gasteiger partial charge in [0.1, 0.15) is 0 Å². The molecule has 0 fully saturated rings. The number of ether oxygens (including phenoxy) is 1. The smallest absolute Gasteiger partial charge is 0.306 e. The van der Waals surface area contributed by atoms with Crippen LogP contribution < -0.4 is 4.90 Å². The fourth-order valence-electron chi connectivity index (χ4n) is 4.09. The van der Waals surface area contributed by atoms with E-state index in [1.165, 1.54) is 5.56 Å². The first-order valence-corrected chi connectivity index (χ1v) is 11.3. The fraction of sp³-hybridized carbons (Fsp3) is 0.320. The van der Waals surface area contributed by atoms with E-state index >= 15 is 0 Å². The van der Waals surface area contributed by atoms with Gasteiger partial charge in [-0.3, -0.25) is 9.59 Å². The molecule has 0 amide bonds. The number of carbonyl (C=O) groups excluding carboxylic acids is 2. The number of rotatable bonds is 7. The molecule has 2 heterocycles. The van der Waals surface area contributed by atoms with Crippen LogP contribution in [-0.4, -0.2) is 30.4 Å². The highest BCUT2D eigenvalue weighted by atomic mass is 32.1. The predicted octanol–water partition coefficient (Wildman–Crippen LogP) is 5.04. The second kappa shape index (κ2) is 8.63. The van der Waals surface area contributed by atoms with Gasteiger partial charge in [0.25, 0.3) is 0 Å². The van der Waals surface area contributed by atoms with Gasteiger partial charge in [0.15, 0.2) is 12.4 Å². The normalized spacial score (nSPS) is 16.0. The predicted molar refractivity (Wildman–Crippen MR) is 124 cm³/mol. The Kier molecular flexibility index (Phi) is 5.92. The van der Waals surface area contributed by atoms with E-state index in [1.54, 1.807) is 17.4 Å². The van der Waals surface area contributed by atoms with Crippen molar-refractivity contribution in [1.29, 1.82) is 0 Å². The van der Waals surface area contributed by atoms with Gasteiger partial charge in [-0.1, -0.05) is 44.2 Å². The molecule has 31 heavy (non-hydrogen) atoms. The summed E-state index contributed by atoms with van der Waals surface area (Å²) in [6, 6.07) is 16.1. The van der Waals surface area contributed by atoms with Gasteiger partial charge in [-0.25, -0.2) is 4.98 Å². The number of allylic oxidation sites excluding steroid dienone is 1. The van der Waals surface area contributed by atoms with Gasteiger partial charge in [-0.05, 0) is 36.6 Å². The van der Waals surface area contributed by atoms with Gasteiger partial charge in [-0.15, -0.1) is 11.3 Å². The fourth-order valence-corrected chi connectivity index (χ4v) is 5.10. The summed E-state index contributed by atoms with van der Waals surface area (Å²) in [7, 11) is 1.96. The molecule has 160 valence electrons. The Morgan fingerprint density at radius 1 is 1.13 bits per heavy atom. The molecule has 0 bridgehead atoms. The van der Waals surface area contributed by atoms with Crippen molar-refractivity contribution >= 4 is 39.0 Å². The third kappa shape index (κ3) is 4.39. The molecule has 3 aromatic rings. The summed E-state index contributed by atoms with van der Waals surface area (Å²) in [4.78, 5) is 31.2. The molecule has 2 aromatic carbocycles. The molecule has 0 saturated carbocycles. The number of anilines is 1. The van der Waals surface area contributed by atoms with E-state index in [-0.39, 0.29) is 30.2 Å². The highest BCUT2D eigenvalue weighted by Crippen LogP contribution is 2.46. The highest BCUT2D eigenvalue weighted by molar-refractivity contribution is 7.18. The SMILES string of the molecule is CN1C(=CC(=O)COC(=O)CCCc2nc3ccccc3s2)C(C)(C)c2ccccc21. The third-order valence-electron chi connectivity index (χ3n) is 5.72. The van der Waals surface area contributed by atoms with Crippen molar-refractivity contribution in [1.82, 2.24) is 4.98 Å². The first-order chi connectivity index (χ1) is 14.9. The average Bonchev–Trinajstić information content (AvgIpc) is 3.25. The van der Waals surface area contributed by atoms with E-state index in [0.29, 0.717) is 6.42 Å². The van der Waals surface area contributed by atoms with E-state index in [2.05, 4.69) is 24.9 Å². The summed E-state index contributed by atoms with van der Waals surface area (Å²) in [5.41, 5.74) is 3.90. The lowest BCUT2D eigenvalue weighted by atomic mass is 9.83. The van der Waals surface area contributed by atoms with E-state index in [9.17, 15) is 9.59 Å². The molecule has 1 aliphatic rings. The maximum absolute atomic E-state index is 12.5. The Morgan fingerprint density at radius 2 is 1.87 bits per heavy atom. The minimum Gasteiger partial charge on any atom is -0.457 e. The topological polar surface area (TPSA) is 59.5 Å². The Hall–Kier alpha value is -2.99. The molecule has 0 unspecified atom stereocenters. The zero-order chi connectivity index (χ0) is 22.0. The first-order valence-electron chi connectivity index (χ1n) is 10.4. The Morgan fingerprint density at radius 3 is 2.65 bits per heavy atom. The zero-order valence-electron chi connectivity index (χ0n) is 18.1. The lowest BCUT2D eigenvalue weighted by Gasteiger charge is -2.23. The lowest BCUT2D eigenvalue weighted by Crippen LogP contribution is -2.25. The second-order valence-corrected chi connectivity index (χ2v) is 9.40. The number of likely N-dealkylation sites (N-methyl/N-ethyl adjacent to an activating group) is 1. The van der Waals surface area contributed by atoms with E-state index in [1.807, 2.05) is 54.4 Å². The number of para-hydroxylation sites is 2. The van der Waals surface area contributed by atoms with Crippen LogP contribution >= 0.6 is 11.3 Å². The first kappa shape index (κ1) is 21.2. The molecule has 0 aliphatic carbocycles. The summed E-state index contributed by atoms with van der Waals surface area (Å²) in [5, 5.41) is 1.01. The molecular formula is C25H26N2O3S. The van der Waals surface area contributed by atoms with Crippen LogP contribution in [0.1, 0.15) is 37.3 Å². The standard InChI is InChI=1S/C25H26N2O3S/c1-25(2)18-9-4-6-11-20(18)27(3)22(25)15-17(28)16-30-24(29)14-8-13-23-26-19-10-5-7-12-21(19)31-23/h4-7,9-12,15H,8,13-14,16H2,1-3H3. The summed E-state index contributed by atoms with van der Waals surface area (Å²) in [5.74, 6) is -0.558. The quantitative estimate of drug-likeness (QED) is 0.385. The average molecular weight is 435 g/mol. The molecule has 0 saturated heterocycles. The number of hydrogen-bond donors (Lipinski definition) is 0.